The molecule has 0 heterocycles. The number of esters is 1. The molecule has 0 aromatic heterocycles. The average molecular weight is 368 g/mol. The highest BCUT2D eigenvalue weighted by molar-refractivity contribution is 6.31. The molecular weight excluding hydrogens is 350 g/mol. The predicted octanol–water partition coefficient (Wildman–Crippen LogP) is 4.01. The van der Waals surface area contributed by atoms with Crippen LogP contribution in [-0.4, -0.2) is 25.0 Å². The number of benzene rings is 3. The minimum Gasteiger partial charge on any atom is -0.467 e. The van der Waals surface area contributed by atoms with Crippen molar-refractivity contribution < 1.29 is 14.3 Å². The molecule has 0 spiro atoms. The van der Waals surface area contributed by atoms with Crippen molar-refractivity contribution in [3.05, 3.63) is 82.9 Å². The van der Waals surface area contributed by atoms with Gasteiger partial charge in [0.15, 0.2) is 0 Å². The molecule has 1 N–H and O–H groups in total. The maximum absolute atomic E-state index is 12.8. The Morgan fingerprint density at radius 1 is 1.00 bits per heavy atom. The van der Waals surface area contributed by atoms with Crippen LogP contribution in [0.5, 0.6) is 0 Å². The lowest BCUT2D eigenvalue weighted by Crippen LogP contribution is -2.43. The van der Waals surface area contributed by atoms with Crippen molar-refractivity contribution in [1.82, 2.24) is 5.32 Å². The van der Waals surface area contributed by atoms with Crippen molar-refractivity contribution in [3.8, 4) is 0 Å². The van der Waals surface area contributed by atoms with Crippen LogP contribution >= 0.6 is 11.6 Å². The average Bonchev–Trinajstić information content (AvgIpc) is 2.67. The number of carbonyl (C=O) groups excluding carboxylic acids is 2. The van der Waals surface area contributed by atoms with Crippen LogP contribution in [0.4, 0.5) is 0 Å². The molecule has 0 saturated heterocycles. The summed E-state index contributed by atoms with van der Waals surface area (Å²) in [4.78, 5) is 25.0. The number of rotatable bonds is 5. The molecule has 0 bridgehead atoms. The number of hydrogen-bond acceptors (Lipinski definition) is 3. The molecule has 0 unspecified atom stereocenters. The lowest BCUT2D eigenvalue weighted by Gasteiger charge is -2.18. The first-order valence-corrected chi connectivity index (χ1v) is 8.58. The van der Waals surface area contributed by atoms with Crippen molar-refractivity contribution in [3.63, 3.8) is 0 Å². The van der Waals surface area contributed by atoms with E-state index in [4.69, 9.17) is 16.3 Å². The van der Waals surface area contributed by atoms with Gasteiger partial charge in [-0.25, -0.2) is 4.79 Å². The largest absolute Gasteiger partial charge is 0.467 e. The van der Waals surface area contributed by atoms with Crippen LogP contribution in [0.25, 0.3) is 10.8 Å². The minimum atomic E-state index is -0.827. The number of hydrogen-bond donors (Lipinski definition) is 1. The minimum absolute atomic E-state index is 0.253. The fourth-order valence-electron chi connectivity index (χ4n) is 2.88. The van der Waals surface area contributed by atoms with E-state index in [-0.39, 0.29) is 12.3 Å². The second-order valence-electron chi connectivity index (χ2n) is 5.87. The molecule has 0 fully saturated rings. The van der Waals surface area contributed by atoms with Gasteiger partial charge in [-0.15, -0.1) is 0 Å². The normalized spacial score (nSPS) is 11.8. The van der Waals surface area contributed by atoms with Gasteiger partial charge in [0, 0.05) is 17.0 Å². The Labute approximate surface area is 156 Å². The van der Waals surface area contributed by atoms with E-state index in [0.29, 0.717) is 10.6 Å². The Bertz CT molecular complexity index is 949. The second-order valence-corrected chi connectivity index (χ2v) is 6.28. The Morgan fingerprint density at radius 3 is 2.46 bits per heavy atom. The highest BCUT2D eigenvalue weighted by Crippen LogP contribution is 2.20. The molecule has 3 rings (SSSR count). The quantitative estimate of drug-likeness (QED) is 0.693. The zero-order valence-corrected chi connectivity index (χ0v) is 15.0. The number of carbonyl (C=O) groups is 2. The van der Waals surface area contributed by atoms with Gasteiger partial charge in [-0.2, -0.15) is 0 Å². The van der Waals surface area contributed by atoms with Crippen LogP contribution in [0, 0.1) is 0 Å². The first kappa shape index (κ1) is 18.0. The first-order chi connectivity index (χ1) is 12.6. The summed E-state index contributed by atoms with van der Waals surface area (Å²) in [5, 5.41) is 5.11. The molecule has 0 aliphatic heterocycles. The maximum atomic E-state index is 12.8. The Hall–Kier alpha value is -2.85. The van der Waals surface area contributed by atoms with Gasteiger partial charge in [0.25, 0.3) is 5.91 Å². The lowest BCUT2D eigenvalue weighted by molar-refractivity contribution is -0.142. The molecule has 0 saturated carbocycles. The van der Waals surface area contributed by atoms with E-state index < -0.39 is 12.0 Å². The molecule has 5 heteroatoms. The van der Waals surface area contributed by atoms with Crippen molar-refractivity contribution in [2.45, 2.75) is 12.5 Å². The van der Waals surface area contributed by atoms with E-state index in [1.165, 1.54) is 7.11 Å². The third-order valence-corrected chi connectivity index (χ3v) is 4.58. The number of nitrogens with one attached hydrogen (secondary N) is 1. The molecule has 1 amide bonds. The van der Waals surface area contributed by atoms with Crippen molar-refractivity contribution >= 4 is 34.2 Å². The Balaban J connectivity index is 1.88. The van der Waals surface area contributed by atoms with Crippen LogP contribution in [0.3, 0.4) is 0 Å². The summed E-state index contributed by atoms with van der Waals surface area (Å²) in [5.74, 6) is -0.845. The topological polar surface area (TPSA) is 55.4 Å². The Kier molecular flexibility index (Phi) is 5.54. The number of amides is 1. The molecule has 0 aliphatic carbocycles. The molecule has 0 aliphatic rings. The summed E-state index contributed by atoms with van der Waals surface area (Å²) in [7, 11) is 1.30. The van der Waals surface area contributed by atoms with Crippen molar-refractivity contribution in [1.29, 1.82) is 0 Å². The number of fused-ring (bicyclic) bond motifs is 1. The van der Waals surface area contributed by atoms with Gasteiger partial charge >= 0.3 is 5.97 Å². The second kappa shape index (κ2) is 8.02. The zero-order chi connectivity index (χ0) is 18.5. The maximum Gasteiger partial charge on any atom is 0.328 e. The van der Waals surface area contributed by atoms with Gasteiger partial charge in [0.05, 0.1) is 7.11 Å². The summed E-state index contributed by atoms with van der Waals surface area (Å²) in [5.41, 5.74) is 1.28. The van der Waals surface area contributed by atoms with Gasteiger partial charge in [-0.05, 0) is 28.5 Å². The molecule has 1 atom stereocenters. The highest BCUT2D eigenvalue weighted by atomic mass is 35.5. The summed E-state index contributed by atoms with van der Waals surface area (Å²) < 4.78 is 4.85. The van der Waals surface area contributed by atoms with Gasteiger partial charge in [-0.1, -0.05) is 66.2 Å². The standard InChI is InChI=1S/C21H18ClNO3/c1-26-21(25)19(13-15-8-3-5-12-18(15)22)23-20(24)17-11-6-9-14-7-2-4-10-16(14)17/h2-12,19H,13H2,1H3,(H,23,24)/t19-/m0/s1. The van der Waals surface area contributed by atoms with Gasteiger partial charge < -0.3 is 10.1 Å². The van der Waals surface area contributed by atoms with E-state index in [2.05, 4.69) is 5.32 Å². The van der Waals surface area contributed by atoms with E-state index in [0.717, 1.165) is 16.3 Å². The number of methoxy groups -OCH3 is 1. The summed E-state index contributed by atoms with van der Waals surface area (Å²) in [6, 6.07) is 19.5. The smallest absolute Gasteiger partial charge is 0.328 e. The van der Waals surface area contributed by atoms with Crippen LogP contribution in [0.2, 0.25) is 5.02 Å². The highest BCUT2D eigenvalue weighted by Gasteiger charge is 2.24. The van der Waals surface area contributed by atoms with E-state index >= 15 is 0 Å². The van der Waals surface area contributed by atoms with Crippen LogP contribution in [-0.2, 0) is 16.0 Å². The fraction of sp³-hybridized carbons (Fsp3) is 0.143. The van der Waals surface area contributed by atoms with E-state index in [1.807, 2.05) is 54.6 Å². The van der Waals surface area contributed by atoms with E-state index in [9.17, 15) is 9.59 Å². The van der Waals surface area contributed by atoms with E-state index in [1.54, 1.807) is 12.1 Å². The first-order valence-electron chi connectivity index (χ1n) is 8.20. The van der Waals surface area contributed by atoms with Crippen molar-refractivity contribution in [2.75, 3.05) is 7.11 Å². The SMILES string of the molecule is COC(=O)[C@H](Cc1ccccc1Cl)NC(=O)c1cccc2ccccc12. The monoisotopic (exact) mass is 367 g/mol. The van der Waals surface area contributed by atoms with Crippen LogP contribution in [0.15, 0.2) is 66.7 Å². The molecule has 132 valence electrons. The molecule has 4 nitrogen and oxygen atoms in total. The number of ether oxygens (including phenoxy) is 1. The molecule has 3 aromatic rings. The van der Waals surface area contributed by atoms with Crippen LogP contribution < -0.4 is 5.32 Å². The van der Waals surface area contributed by atoms with Crippen molar-refractivity contribution in [2.24, 2.45) is 0 Å². The Morgan fingerprint density at radius 2 is 1.69 bits per heavy atom. The molecule has 0 radical (unpaired) electrons. The van der Waals surface area contributed by atoms with Gasteiger partial charge in [0.2, 0.25) is 0 Å². The third-order valence-electron chi connectivity index (χ3n) is 4.21. The summed E-state index contributed by atoms with van der Waals surface area (Å²) in [6.45, 7) is 0. The van der Waals surface area contributed by atoms with Gasteiger partial charge in [-0.3, -0.25) is 4.79 Å². The van der Waals surface area contributed by atoms with Gasteiger partial charge in [0.1, 0.15) is 6.04 Å². The predicted molar refractivity (Wildman–Crippen MR) is 102 cm³/mol. The third kappa shape index (κ3) is 3.86. The summed E-state index contributed by atoms with van der Waals surface area (Å²) in [6.07, 6.45) is 0.253. The fourth-order valence-corrected chi connectivity index (χ4v) is 3.09. The number of halogens is 1. The molecule has 3 aromatic carbocycles. The molecular formula is C21H18ClNO3. The summed E-state index contributed by atoms with van der Waals surface area (Å²) >= 11 is 6.18. The molecule has 26 heavy (non-hydrogen) atoms. The lowest BCUT2D eigenvalue weighted by atomic mass is 10.0. The van der Waals surface area contributed by atoms with Crippen LogP contribution in [0.1, 0.15) is 15.9 Å². The zero-order valence-electron chi connectivity index (χ0n) is 14.2.